The first kappa shape index (κ1) is 15.0. The zero-order chi connectivity index (χ0) is 13.3. The molecule has 1 fully saturated rings. The van der Waals surface area contributed by atoms with Gasteiger partial charge in [-0.1, -0.05) is 0 Å². The van der Waals surface area contributed by atoms with Gasteiger partial charge in [0.05, 0.1) is 23.9 Å². The lowest BCUT2D eigenvalue weighted by molar-refractivity contribution is -0.124. The number of rotatable bonds is 3. The number of ether oxygens (including phenoxy) is 3. The lowest BCUT2D eigenvalue weighted by Gasteiger charge is -2.29. The summed E-state index contributed by atoms with van der Waals surface area (Å²) in [6, 6.07) is -0.240. The van der Waals surface area contributed by atoms with Crippen LogP contribution in [0.15, 0.2) is 0 Å². The maximum Gasteiger partial charge on any atom is 0.109 e. The fraction of sp³-hybridized carbons (Fsp3) is 1.00. The summed E-state index contributed by atoms with van der Waals surface area (Å²) in [5, 5.41) is 0. The highest BCUT2D eigenvalue weighted by molar-refractivity contribution is 6.11. The Balaban J connectivity index is 2.51. The molecule has 1 aliphatic heterocycles. The Morgan fingerprint density at radius 3 is 2.18 bits per heavy atom. The molecule has 0 aromatic heterocycles. The van der Waals surface area contributed by atoms with Crippen molar-refractivity contribution >= 4 is 7.85 Å². The van der Waals surface area contributed by atoms with E-state index in [0.717, 1.165) is 6.42 Å². The maximum absolute atomic E-state index is 5.96. The van der Waals surface area contributed by atoms with E-state index >= 15 is 0 Å². The van der Waals surface area contributed by atoms with E-state index in [1.807, 2.05) is 41.5 Å². The molecular formula is C13H25BO3. The Morgan fingerprint density at radius 2 is 1.71 bits per heavy atom. The molecule has 0 saturated carbocycles. The molecule has 1 rings (SSSR count). The Labute approximate surface area is 107 Å². The van der Waals surface area contributed by atoms with Gasteiger partial charge in [0.1, 0.15) is 14.0 Å². The third-order valence-electron chi connectivity index (χ3n) is 2.41. The standard InChI is InChI=1S/C13H25BO3/c1-12(2,3)15-8-10-9(7-11(14)16-10)17-13(4,5)6/h9-11H,7-8H2,1-6H3. The normalized spacial score (nSPS) is 30.8. The minimum absolute atomic E-state index is 0.0207. The highest BCUT2D eigenvalue weighted by Gasteiger charge is 2.36. The third-order valence-corrected chi connectivity index (χ3v) is 2.41. The molecule has 0 spiro atoms. The average molecular weight is 240 g/mol. The van der Waals surface area contributed by atoms with Gasteiger partial charge in [0.15, 0.2) is 0 Å². The fourth-order valence-corrected chi connectivity index (χ4v) is 1.81. The van der Waals surface area contributed by atoms with Crippen molar-refractivity contribution in [1.29, 1.82) is 0 Å². The molecule has 1 aliphatic rings. The molecular weight excluding hydrogens is 215 g/mol. The first-order chi connectivity index (χ1) is 7.57. The Bertz CT molecular complexity index is 242. The topological polar surface area (TPSA) is 27.7 Å². The molecule has 0 aromatic carbocycles. The summed E-state index contributed by atoms with van der Waals surface area (Å²) in [6.07, 6.45) is 0.686. The Hall–Kier alpha value is -0.0551. The summed E-state index contributed by atoms with van der Waals surface area (Å²) < 4.78 is 17.4. The molecule has 0 N–H and O–H groups in total. The van der Waals surface area contributed by atoms with Gasteiger partial charge in [0, 0.05) is 6.00 Å². The van der Waals surface area contributed by atoms with Crippen LogP contribution in [0.25, 0.3) is 0 Å². The summed E-state index contributed by atoms with van der Waals surface area (Å²) >= 11 is 0. The van der Waals surface area contributed by atoms with Crippen molar-refractivity contribution in [2.75, 3.05) is 6.61 Å². The van der Waals surface area contributed by atoms with Crippen LogP contribution in [0.5, 0.6) is 0 Å². The van der Waals surface area contributed by atoms with Crippen LogP contribution in [0.4, 0.5) is 0 Å². The highest BCUT2D eigenvalue weighted by Crippen LogP contribution is 2.27. The highest BCUT2D eigenvalue weighted by atomic mass is 16.6. The first-order valence-electron chi connectivity index (χ1n) is 6.30. The van der Waals surface area contributed by atoms with Crippen molar-refractivity contribution in [3.05, 3.63) is 0 Å². The maximum atomic E-state index is 5.96. The lowest BCUT2D eigenvalue weighted by atomic mass is 9.95. The molecule has 3 nitrogen and oxygen atoms in total. The summed E-state index contributed by atoms with van der Waals surface area (Å²) in [6.45, 7) is 12.7. The quantitative estimate of drug-likeness (QED) is 0.708. The summed E-state index contributed by atoms with van der Waals surface area (Å²) in [7, 11) is 5.82. The monoisotopic (exact) mass is 240 g/mol. The van der Waals surface area contributed by atoms with Crippen LogP contribution >= 0.6 is 0 Å². The molecule has 17 heavy (non-hydrogen) atoms. The van der Waals surface area contributed by atoms with Gasteiger partial charge < -0.3 is 14.2 Å². The number of hydrogen-bond donors (Lipinski definition) is 0. The minimum atomic E-state index is -0.240. The molecule has 2 radical (unpaired) electrons. The van der Waals surface area contributed by atoms with Gasteiger partial charge in [-0.2, -0.15) is 0 Å². The van der Waals surface area contributed by atoms with Gasteiger partial charge in [0.25, 0.3) is 0 Å². The van der Waals surface area contributed by atoms with E-state index in [9.17, 15) is 0 Å². The van der Waals surface area contributed by atoms with Crippen molar-refractivity contribution in [2.24, 2.45) is 0 Å². The lowest BCUT2D eigenvalue weighted by Crippen LogP contribution is -2.37. The zero-order valence-corrected chi connectivity index (χ0v) is 11.9. The predicted octanol–water partition coefficient (Wildman–Crippen LogP) is 2.27. The molecule has 3 unspecified atom stereocenters. The first-order valence-corrected chi connectivity index (χ1v) is 6.30. The van der Waals surface area contributed by atoms with E-state index in [4.69, 9.17) is 22.1 Å². The van der Waals surface area contributed by atoms with E-state index in [-0.39, 0.29) is 29.4 Å². The Kier molecular flexibility index (Phi) is 4.67. The smallest absolute Gasteiger partial charge is 0.109 e. The van der Waals surface area contributed by atoms with Crippen LogP contribution in [0.3, 0.4) is 0 Å². The fourth-order valence-electron chi connectivity index (χ4n) is 1.81. The molecule has 3 atom stereocenters. The predicted molar refractivity (Wildman–Crippen MR) is 69.4 cm³/mol. The van der Waals surface area contributed by atoms with Crippen LogP contribution in [-0.4, -0.2) is 43.9 Å². The van der Waals surface area contributed by atoms with E-state index in [1.54, 1.807) is 0 Å². The summed E-state index contributed by atoms with van der Waals surface area (Å²) in [4.78, 5) is 0. The van der Waals surface area contributed by atoms with Crippen LogP contribution in [-0.2, 0) is 14.2 Å². The van der Waals surface area contributed by atoms with Crippen molar-refractivity contribution in [2.45, 2.75) is 77.4 Å². The van der Waals surface area contributed by atoms with Gasteiger partial charge in [0.2, 0.25) is 0 Å². The average Bonchev–Trinajstić information content (AvgIpc) is 2.38. The third kappa shape index (κ3) is 5.89. The van der Waals surface area contributed by atoms with Crippen molar-refractivity contribution in [3.63, 3.8) is 0 Å². The largest absolute Gasteiger partial charge is 0.380 e. The molecule has 4 heteroatoms. The van der Waals surface area contributed by atoms with E-state index in [0.29, 0.717) is 6.61 Å². The van der Waals surface area contributed by atoms with Crippen LogP contribution in [0, 0.1) is 0 Å². The van der Waals surface area contributed by atoms with Gasteiger partial charge in [-0.15, -0.1) is 0 Å². The molecule has 0 aliphatic carbocycles. The second-order valence-electron chi connectivity index (χ2n) is 6.64. The second-order valence-corrected chi connectivity index (χ2v) is 6.64. The van der Waals surface area contributed by atoms with Gasteiger partial charge >= 0.3 is 0 Å². The van der Waals surface area contributed by atoms with Gasteiger partial charge in [-0.05, 0) is 48.0 Å². The van der Waals surface area contributed by atoms with Crippen LogP contribution in [0.1, 0.15) is 48.0 Å². The molecule has 1 saturated heterocycles. The van der Waals surface area contributed by atoms with E-state index in [1.165, 1.54) is 0 Å². The molecule has 0 aromatic rings. The van der Waals surface area contributed by atoms with Gasteiger partial charge in [-0.25, -0.2) is 0 Å². The zero-order valence-electron chi connectivity index (χ0n) is 11.9. The Morgan fingerprint density at radius 1 is 1.12 bits per heavy atom. The summed E-state index contributed by atoms with van der Waals surface area (Å²) in [5.41, 5.74) is -0.347. The van der Waals surface area contributed by atoms with Gasteiger partial charge in [-0.3, -0.25) is 0 Å². The van der Waals surface area contributed by atoms with Crippen molar-refractivity contribution < 1.29 is 14.2 Å². The van der Waals surface area contributed by atoms with Crippen LogP contribution in [0.2, 0.25) is 0 Å². The van der Waals surface area contributed by atoms with E-state index in [2.05, 4.69) is 0 Å². The number of hydrogen-bond acceptors (Lipinski definition) is 3. The molecule has 98 valence electrons. The minimum Gasteiger partial charge on any atom is -0.380 e. The molecule has 0 bridgehead atoms. The molecule has 1 heterocycles. The second kappa shape index (κ2) is 5.29. The van der Waals surface area contributed by atoms with Crippen LogP contribution < -0.4 is 0 Å². The molecule has 0 amide bonds. The van der Waals surface area contributed by atoms with Crippen molar-refractivity contribution in [3.8, 4) is 0 Å². The SMILES string of the molecule is [B]C1CC(OC(C)(C)C)C(COC(C)(C)C)O1. The summed E-state index contributed by atoms with van der Waals surface area (Å²) in [5.74, 6) is 0. The van der Waals surface area contributed by atoms with Crippen molar-refractivity contribution in [1.82, 2.24) is 0 Å². The van der Waals surface area contributed by atoms with E-state index < -0.39 is 0 Å².